The smallest absolute Gasteiger partial charge is 0.346 e. The summed E-state index contributed by atoms with van der Waals surface area (Å²) in [6, 6.07) is 17.2. The third kappa shape index (κ3) is 4.19. The van der Waals surface area contributed by atoms with Gasteiger partial charge in [0.1, 0.15) is 5.75 Å². The average Bonchev–Trinajstić information content (AvgIpc) is 2.68. The van der Waals surface area contributed by atoms with Crippen molar-refractivity contribution in [2.24, 2.45) is 0 Å². The minimum absolute atomic E-state index is 0.0226. The molecule has 3 aromatic rings. The van der Waals surface area contributed by atoms with Crippen LogP contribution < -0.4 is 4.18 Å². The molecule has 0 N–H and O–H groups in total. The Balaban J connectivity index is 1.86. The zero-order valence-corrected chi connectivity index (χ0v) is 15.7. The Labute approximate surface area is 165 Å². The molecular weight excluding hydrogens is 406 g/mol. The van der Waals surface area contributed by atoms with E-state index in [1.807, 2.05) is 0 Å². The van der Waals surface area contributed by atoms with Crippen LogP contribution in [0.5, 0.6) is 5.75 Å². The molecule has 0 aliphatic heterocycles. The van der Waals surface area contributed by atoms with E-state index in [0.717, 1.165) is 12.1 Å². The summed E-state index contributed by atoms with van der Waals surface area (Å²) in [6.45, 7) is 0. The Hall–Kier alpha value is -3.23. The first-order valence-corrected chi connectivity index (χ1v) is 9.65. The van der Waals surface area contributed by atoms with Crippen LogP contribution in [0.3, 0.4) is 0 Å². The number of halogens is 1. The third-order valence-corrected chi connectivity index (χ3v) is 5.28. The van der Waals surface area contributed by atoms with Crippen molar-refractivity contribution in [1.82, 2.24) is 0 Å². The summed E-state index contributed by atoms with van der Waals surface area (Å²) in [5, 5.41) is 11.1. The number of nitro benzene ring substituents is 1. The standard InChI is InChI=1S/C19H12ClNO6S/c20-15-8-11-18(17(12-15)21(23)24)28(25,26)27-16-9-6-14(7-10-16)19(22)13-4-2-1-3-5-13/h1-12H. The zero-order chi connectivity index (χ0) is 20.3. The second kappa shape index (κ2) is 7.79. The zero-order valence-electron chi connectivity index (χ0n) is 14.1. The second-order valence-corrected chi connectivity index (χ2v) is 7.58. The van der Waals surface area contributed by atoms with Crippen molar-refractivity contribution in [3.05, 3.63) is 99.1 Å². The van der Waals surface area contributed by atoms with Gasteiger partial charge in [-0.1, -0.05) is 41.9 Å². The molecule has 0 fully saturated rings. The van der Waals surface area contributed by atoms with Gasteiger partial charge in [-0.05, 0) is 36.4 Å². The van der Waals surface area contributed by atoms with Gasteiger partial charge >= 0.3 is 10.1 Å². The van der Waals surface area contributed by atoms with Crippen LogP contribution in [0.2, 0.25) is 5.02 Å². The normalized spacial score (nSPS) is 11.0. The van der Waals surface area contributed by atoms with Crippen molar-refractivity contribution < 1.29 is 22.3 Å². The van der Waals surface area contributed by atoms with Gasteiger partial charge in [0.2, 0.25) is 0 Å². The molecule has 0 aromatic heterocycles. The van der Waals surface area contributed by atoms with Crippen LogP contribution in [0, 0.1) is 10.1 Å². The Morgan fingerprint density at radius 3 is 2.14 bits per heavy atom. The summed E-state index contributed by atoms with van der Waals surface area (Å²) in [6.07, 6.45) is 0. The first kappa shape index (κ1) is 19.5. The van der Waals surface area contributed by atoms with E-state index in [4.69, 9.17) is 15.8 Å². The molecule has 0 unspecified atom stereocenters. The van der Waals surface area contributed by atoms with E-state index in [-0.39, 0.29) is 16.6 Å². The highest BCUT2D eigenvalue weighted by atomic mass is 35.5. The average molecular weight is 418 g/mol. The summed E-state index contributed by atoms with van der Waals surface area (Å²) < 4.78 is 29.9. The number of ketones is 1. The highest BCUT2D eigenvalue weighted by molar-refractivity contribution is 7.87. The van der Waals surface area contributed by atoms with Crippen LogP contribution in [-0.4, -0.2) is 19.1 Å². The lowest BCUT2D eigenvalue weighted by Gasteiger charge is -2.08. The van der Waals surface area contributed by atoms with Crippen molar-refractivity contribution in [2.75, 3.05) is 0 Å². The van der Waals surface area contributed by atoms with Gasteiger partial charge in [0.15, 0.2) is 10.7 Å². The quantitative estimate of drug-likeness (QED) is 0.257. The topological polar surface area (TPSA) is 104 Å². The van der Waals surface area contributed by atoms with Crippen LogP contribution in [0.1, 0.15) is 15.9 Å². The predicted molar refractivity (Wildman–Crippen MR) is 102 cm³/mol. The van der Waals surface area contributed by atoms with Gasteiger partial charge < -0.3 is 4.18 Å². The van der Waals surface area contributed by atoms with Gasteiger partial charge in [-0.25, -0.2) is 0 Å². The van der Waals surface area contributed by atoms with Gasteiger partial charge in [0.05, 0.1) is 4.92 Å². The highest BCUT2D eigenvalue weighted by Gasteiger charge is 2.28. The van der Waals surface area contributed by atoms with E-state index in [2.05, 4.69) is 0 Å². The molecule has 3 aromatic carbocycles. The molecule has 7 nitrogen and oxygen atoms in total. The summed E-state index contributed by atoms with van der Waals surface area (Å²) in [4.78, 5) is 22.0. The SMILES string of the molecule is O=C(c1ccccc1)c1ccc(OS(=O)(=O)c2ccc(Cl)cc2[N+](=O)[O-])cc1. The first-order valence-electron chi connectivity index (χ1n) is 7.86. The molecule has 0 aliphatic carbocycles. The van der Waals surface area contributed by atoms with Crippen molar-refractivity contribution in [3.8, 4) is 5.75 Å². The Kier molecular flexibility index (Phi) is 5.43. The fourth-order valence-corrected chi connectivity index (χ4v) is 3.68. The van der Waals surface area contributed by atoms with Crippen LogP contribution in [0.4, 0.5) is 5.69 Å². The number of rotatable bonds is 6. The molecule has 0 atom stereocenters. The lowest BCUT2D eigenvalue weighted by molar-refractivity contribution is -0.387. The first-order chi connectivity index (χ1) is 13.3. The molecule has 0 aliphatic rings. The van der Waals surface area contributed by atoms with E-state index in [1.165, 1.54) is 30.3 Å². The van der Waals surface area contributed by atoms with Crippen molar-refractivity contribution in [1.29, 1.82) is 0 Å². The minimum atomic E-state index is -4.48. The minimum Gasteiger partial charge on any atom is -0.379 e. The number of carbonyl (C=O) groups is 1. The molecule has 0 spiro atoms. The van der Waals surface area contributed by atoms with Crippen molar-refractivity contribution >= 4 is 33.2 Å². The van der Waals surface area contributed by atoms with E-state index in [1.54, 1.807) is 30.3 Å². The summed E-state index contributed by atoms with van der Waals surface area (Å²) in [7, 11) is -4.48. The molecule has 9 heteroatoms. The van der Waals surface area contributed by atoms with Crippen molar-refractivity contribution in [2.45, 2.75) is 4.90 Å². The maximum atomic E-state index is 12.4. The second-order valence-electron chi connectivity index (χ2n) is 5.63. The number of hydrogen-bond donors (Lipinski definition) is 0. The monoisotopic (exact) mass is 417 g/mol. The predicted octanol–water partition coefficient (Wildman–Crippen LogP) is 4.25. The van der Waals surface area contributed by atoms with E-state index < -0.39 is 25.6 Å². The van der Waals surface area contributed by atoms with E-state index in [0.29, 0.717) is 11.1 Å². The van der Waals surface area contributed by atoms with Crippen LogP contribution >= 0.6 is 11.6 Å². The Morgan fingerprint density at radius 1 is 0.929 bits per heavy atom. The summed E-state index contributed by atoms with van der Waals surface area (Å²) in [5.41, 5.74) is 0.136. The maximum absolute atomic E-state index is 12.4. The van der Waals surface area contributed by atoms with E-state index >= 15 is 0 Å². The number of nitrogens with zero attached hydrogens (tertiary/aromatic N) is 1. The summed E-state index contributed by atoms with van der Waals surface area (Å²) in [5.74, 6) is -0.322. The van der Waals surface area contributed by atoms with Crippen LogP contribution in [0.25, 0.3) is 0 Å². The molecule has 0 amide bonds. The maximum Gasteiger partial charge on any atom is 0.346 e. The molecule has 28 heavy (non-hydrogen) atoms. The lowest BCUT2D eigenvalue weighted by Crippen LogP contribution is -2.12. The highest BCUT2D eigenvalue weighted by Crippen LogP contribution is 2.29. The van der Waals surface area contributed by atoms with Crippen LogP contribution in [0.15, 0.2) is 77.7 Å². The fraction of sp³-hybridized carbons (Fsp3) is 0. The Morgan fingerprint density at radius 2 is 1.54 bits per heavy atom. The van der Waals surface area contributed by atoms with Gasteiger partial charge in [0.25, 0.3) is 5.69 Å². The molecule has 0 radical (unpaired) electrons. The number of hydrogen-bond acceptors (Lipinski definition) is 6. The molecule has 3 rings (SSSR count). The van der Waals surface area contributed by atoms with Gasteiger partial charge in [0, 0.05) is 22.2 Å². The van der Waals surface area contributed by atoms with E-state index in [9.17, 15) is 23.3 Å². The Bertz CT molecular complexity index is 1140. The molecule has 142 valence electrons. The lowest BCUT2D eigenvalue weighted by atomic mass is 10.0. The molecule has 0 saturated carbocycles. The molecular formula is C19H12ClNO6S. The molecule has 0 bridgehead atoms. The molecule has 0 saturated heterocycles. The van der Waals surface area contributed by atoms with Crippen LogP contribution in [-0.2, 0) is 10.1 Å². The third-order valence-electron chi connectivity index (χ3n) is 3.75. The molecule has 0 heterocycles. The van der Waals surface area contributed by atoms with Gasteiger partial charge in [-0.3, -0.25) is 14.9 Å². The summed E-state index contributed by atoms with van der Waals surface area (Å²) >= 11 is 5.70. The van der Waals surface area contributed by atoms with Gasteiger partial charge in [-0.2, -0.15) is 8.42 Å². The number of carbonyl (C=O) groups excluding carboxylic acids is 1. The van der Waals surface area contributed by atoms with Crippen molar-refractivity contribution in [3.63, 3.8) is 0 Å². The number of nitro groups is 1. The van der Waals surface area contributed by atoms with Gasteiger partial charge in [-0.15, -0.1) is 0 Å². The fourth-order valence-electron chi connectivity index (χ4n) is 2.43. The number of benzene rings is 3. The largest absolute Gasteiger partial charge is 0.379 e.